The molecule has 2 aromatic rings. The minimum absolute atomic E-state index is 0.223. The van der Waals surface area contributed by atoms with Crippen LogP contribution in [-0.2, 0) is 0 Å². The number of anilines is 1. The Kier molecular flexibility index (Phi) is 3.21. The Morgan fingerprint density at radius 2 is 1.84 bits per heavy atom. The standard InChI is InChI=1S/C14H17FN4/c1-10-13(11-2-4-12(15)5-3-11)18-14(17-10)19-8-6-16-7-9-19/h2-5,16H,6-9H2,1H3,(H,17,18). The molecule has 19 heavy (non-hydrogen) atoms. The van der Waals surface area contributed by atoms with E-state index in [0.29, 0.717) is 0 Å². The maximum Gasteiger partial charge on any atom is 0.203 e. The lowest BCUT2D eigenvalue weighted by atomic mass is 10.1. The van der Waals surface area contributed by atoms with E-state index in [0.717, 1.165) is 49.1 Å². The molecule has 1 aliphatic rings. The average Bonchev–Trinajstić information content (AvgIpc) is 2.83. The number of nitrogens with zero attached hydrogens (tertiary/aromatic N) is 2. The van der Waals surface area contributed by atoms with E-state index in [2.05, 4.69) is 20.2 Å². The maximum atomic E-state index is 13.0. The van der Waals surface area contributed by atoms with Crippen LogP contribution in [0.4, 0.5) is 10.3 Å². The van der Waals surface area contributed by atoms with E-state index in [-0.39, 0.29) is 5.82 Å². The first kappa shape index (κ1) is 12.2. The number of rotatable bonds is 2. The second-order valence-corrected chi connectivity index (χ2v) is 4.78. The Morgan fingerprint density at radius 3 is 2.53 bits per heavy atom. The van der Waals surface area contributed by atoms with Crippen LogP contribution in [0.25, 0.3) is 11.3 Å². The summed E-state index contributed by atoms with van der Waals surface area (Å²) in [5, 5.41) is 3.32. The molecule has 1 saturated heterocycles. The summed E-state index contributed by atoms with van der Waals surface area (Å²) in [7, 11) is 0. The van der Waals surface area contributed by atoms with Crippen LogP contribution in [0.1, 0.15) is 5.69 Å². The molecule has 1 aromatic carbocycles. The van der Waals surface area contributed by atoms with Crippen LogP contribution in [-0.4, -0.2) is 36.1 Å². The van der Waals surface area contributed by atoms with Crippen molar-refractivity contribution in [3.63, 3.8) is 0 Å². The van der Waals surface area contributed by atoms with Gasteiger partial charge in [0.2, 0.25) is 5.95 Å². The van der Waals surface area contributed by atoms with Gasteiger partial charge in [0.25, 0.3) is 0 Å². The zero-order valence-electron chi connectivity index (χ0n) is 10.9. The maximum absolute atomic E-state index is 13.0. The SMILES string of the molecule is Cc1[nH]c(N2CCNCC2)nc1-c1ccc(F)cc1. The van der Waals surface area contributed by atoms with Crippen molar-refractivity contribution in [2.45, 2.75) is 6.92 Å². The summed E-state index contributed by atoms with van der Waals surface area (Å²) in [5.41, 5.74) is 2.85. The molecule has 0 unspecified atom stereocenters. The first-order chi connectivity index (χ1) is 9.24. The molecule has 1 aromatic heterocycles. The van der Waals surface area contributed by atoms with Gasteiger partial charge in [-0.1, -0.05) is 0 Å². The van der Waals surface area contributed by atoms with Gasteiger partial charge in [0.15, 0.2) is 0 Å². The minimum Gasteiger partial charge on any atom is -0.340 e. The molecule has 0 spiro atoms. The van der Waals surface area contributed by atoms with Gasteiger partial charge in [0.1, 0.15) is 5.82 Å². The molecule has 1 aliphatic heterocycles. The predicted octanol–water partition coefficient (Wildman–Crippen LogP) is 1.93. The first-order valence-corrected chi connectivity index (χ1v) is 6.52. The molecule has 2 N–H and O–H groups in total. The Labute approximate surface area is 111 Å². The number of imidazole rings is 1. The summed E-state index contributed by atoms with van der Waals surface area (Å²) >= 11 is 0. The molecule has 4 nitrogen and oxygen atoms in total. The lowest BCUT2D eigenvalue weighted by molar-refractivity contribution is 0.581. The van der Waals surface area contributed by atoms with Crippen LogP contribution in [0, 0.1) is 12.7 Å². The van der Waals surface area contributed by atoms with E-state index >= 15 is 0 Å². The summed E-state index contributed by atoms with van der Waals surface area (Å²) in [6, 6.07) is 6.46. The Bertz CT molecular complexity index is 555. The molecule has 0 atom stereocenters. The second-order valence-electron chi connectivity index (χ2n) is 4.78. The van der Waals surface area contributed by atoms with Gasteiger partial charge < -0.3 is 15.2 Å². The number of aromatic amines is 1. The number of piperazine rings is 1. The summed E-state index contributed by atoms with van der Waals surface area (Å²) in [4.78, 5) is 10.2. The van der Waals surface area contributed by atoms with E-state index in [1.807, 2.05) is 6.92 Å². The van der Waals surface area contributed by atoms with Crippen molar-refractivity contribution in [3.8, 4) is 11.3 Å². The molecule has 0 aliphatic carbocycles. The number of hydrogen-bond donors (Lipinski definition) is 2. The molecule has 0 amide bonds. The third-order valence-corrected chi connectivity index (χ3v) is 3.41. The second kappa shape index (κ2) is 5.01. The minimum atomic E-state index is -0.223. The van der Waals surface area contributed by atoms with Gasteiger partial charge >= 0.3 is 0 Å². The zero-order chi connectivity index (χ0) is 13.2. The molecule has 5 heteroatoms. The van der Waals surface area contributed by atoms with Crippen LogP contribution in [0.15, 0.2) is 24.3 Å². The molecular formula is C14H17FN4. The Morgan fingerprint density at radius 1 is 1.16 bits per heavy atom. The Balaban J connectivity index is 1.90. The fourth-order valence-electron chi connectivity index (χ4n) is 2.36. The lowest BCUT2D eigenvalue weighted by Gasteiger charge is -2.26. The molecule has 2 heterocycles. The highest BCUT2D eigenvalue weighted by Gasteiger charge is 2.16. The Hall–Kier alpha value is -1.88. The molecule has 0 bridgehead atoms. The van der Waals surface area contributed by atoms with Gasteiger partial charge in [-0.15, -0.1) is 0 Å². The van der Waals surface area contributed by atoms with Crippen molar-refractivity contribution < 1.29 is 4.39 Å². The van der Waals surface area contributed by atoms with E-state index in [1.165, 1.54) is 12.1 Å². The fraction of sp³-hybridized carbons (Fsp3) is 0.357. The van der Waals surface area contributed by atoms with Crippen molar-refractivity contribution in [3.05, 3.63) is 35.8 Å². The highest BCUT2D eigenvalue weighted by Crippen LogP contribution is 2.24. The van der Waals surface area contributed by atoms with Crippen LogP contribution < -0.4 is 10.2 Å². The largest absolute Gasteiger partial charge is 0.340 e. The number of hydrogen-bond acceptors (Lipinski definition) is 3. The first-order valence-electron chi connectivity index (χ1n) is 6.52. The number of halogens is 1. The highest BCUT2D eigenvalue weighted by atomic mass is 19.1. The normalized spacial score (nSPS) is 15.8. The quantitative estimate of drug-likeness (QED) is 0.867. The number of benzene rings is 1. The van der Waals surface area contributed by atoms with Crippen molar-refractivity contribution in [2.24, 2.45) is 0 Å². The number of aromatic nitrogens is 2. The van der Waals surface area contributed by atoms with E-state index in [1.54, 1.807) is 12.1 Å². The van der Waals surface area contributed by atoms with Crippen molar-refractivity contribution >= 4 is 5.95 Å². The van der Waals surface area contributed by atoms with E-state index < -0.39 is 0 Å². The summed E-state index contributed by atoms with van der Waals surface area (Å²) in [6.45, 7) is 5.86. The van der Waals surface area contributed by atoms with Gasteiger partial charge in [-0.05, 0) is 31.2 Å². The fourth-order valence-corrected chi connectivity index (χ4v) is 2.36. The average molecular weight is 260 g/mol. The van der Waals surface area contributed by atoms with Gasteiger partial charge in [-0.3, -0.25) is 0 Å². The monoisotopic (exact) mass is 260 g/mol. The van der Waals surface area contributed by atoms with Gasteiger partial charge in [-0.25, -0.2) is 9.37 Å². The van der Waals surface area contributed by atoms with Crippen molar-refractivity contribution in [1.29, 1.82) is 0 Å². The molecule has 0 saturated carbocycles. The smallest absolute Gasteiger partial charge is 0.203 e. The predicted molar refractivity (Wildman–Crippen MR) is 73.8 cm³/mol. The third-order valence-electron chi connectivity index (χ3n) is 3.41. The zero-order valence-corrected chi connectivity index (χ0v) is 10.9. The molecule has 3 rings (SSSR count). The lowest BCUT2D eigenvalue weighted by Crippen LogP contribution is -2.44. The highest BCUT2D eigenvalue weighted by molar-refractivity contribution is 5.64. The topological polar surface area (TPSA) is 44.0 Å². The molecule has 100 valence electrons. The molecule has 0 radical (unpaired) electrons. The van der Waals surface area contributed by atoms with E-state index in [4.69, 9.17) is 0 Å². The summed E-state index contributed by atoms with van der Waals surface area (Å²) in [5.74, 6) is 0.678. The van der Waals surface area contributed by atoms with Gasteiger partial charge in [0, 0.05) is 37.4 Å². The number of H-pyrrole nitrogens is 1. The summed E-state index contributed by atoms with van der Waals surface area (Å²) in [6.07, 6.45) is 0. The van der Waals surface area contributed by atoms with Gasteiger partial charge in [-0.2, -0.15) is 0 Å². The van der Waals surface area contributed by atoms with Crippen LogP contribution in [0.3, 0.4) is 0 Å². The van der Waals surface area contributed by atoms with Crippen molar-refractivity contribution in [2.75, 3.05) is 31.1 Å². The molecular weight excluding hydrogens is 243 g/mol. The van der Waals surface area contributed by atoms with Crippen LogP contribution in [0.5, 0.6) is 0 Å². The van der Waals surface area contributed by atoms with E-state index in [9.17, 15) is 4.39 Å². The molecule has 1 fully saturated rings. The van der Waals surface area contributed by atoms with Crippen LogP contribution >= 0.6 is 0 Å². The third kappa shape index (κ3) is 2.46. The van der Waals surface area contributed by atoms with Crippen LogP contribution in [0.2, 0.25) is 0 Å². The van der Waals surface area contributed by atoms with Crippen molar-refractivity contribution in [1.82, 2.24) is 15.3 Å². The van der Waals surface area contributed by atoms with Gasteiger partial charge in [0.05, 0.1) is 5.69 Å². The number of nitrogens with one attached hydrogen (secondary N) is 2. The number of aryl methyl sites for hydroxylation is 1. The summed E-state index contributed by atoms with van der Waals surface area (Å²) < 4.78 is 13.0.